The SMILES string of the molecule is CC(=O)C(C)=NNC(=O)CCC(=O)NN=C(C)C(C)=O. The monoisotopic (exact) mass is 282 g/mol. The highest BCUT2D eigenvalue weighted by Gasteiger charge is 2.07. The average Bonchev–Trinajstić information content (AvgIpc) is 2.39. The summed E-state index contributed by atoms with van der Waals surface area (Å²) in [5, 5.41) is 7.13. The largest absolute Gasteiger partial charge is 0.293 e. The zero-order chi connectivity index (χ0) is 15.7. The van der Waals surface area contributed by atoms with Crippen LogP contribution in [0, 0.1) is 0 Å². The highest BCUT2D eigenvalue weighted by Crippen LogP contribution is 1.90. The minimum absolute atomic E-state index is 0.102. The number of carbonyl (C=O) groups excluding carboxylic acids is 4. The Labute approximate surface area is 116 Å². The second-order valence-corrected chi connectivity index (χ2v) is 4.08. The molecule has 0 aromatic heterocycles. The molecule has 2 amide bonds. The summed E-state index contributed by atoms with van der Waals surface area (Å²) in [4.78, 5) is 44.3. The summed E-state index contributed by atoms with van der Waals surface area (Å²) < 4.78 is 0. The summed E-state index contributed by atoms with van der Waals surface area (Å²) >= 11 is 0. The third-order valence-electron chi connectivity index (χ3n) is 2.29. The number of nitrogens with zero attached hydrogens (tertiary/aromatic N) is 2. The third kappa shape index (κ3) is 7.85. The number of Topliss-reactive ketones (excluding diaryl/α,β-unsaturated/α-hetero) is 2. The van der Waals surface area contributed by atoms with Crippen molar-refractivity contribution in [3.8, 4) is 0 Å². The molecule has 20 heavy (non-hydrogen) atoms. The first-order chi connectivity index (χ1) is 9.23. The van der Waals surface area contributed by atoms with E-state index >= 15 is 0 Å². The summed E-state index contributed by atoms with van der Waals surface area (Å²) in [5.74, 6) is -1.49. The first-order valence-corrected chi connectivity index (χ1v) is 5.92. The van der Waals surface area contributed by atoms with E-state index in [2.05, 4.69) is 21.1 Å². The molecule has 8 nitrogen and oxygen atoms in total. The maximum absolute atomic E-state index is 11.3. The Morgan fingerprint density at radius 3 is 1.25 bits per heavy atom. The maximum atomic E-state index is 11.3. The summed E-state index contributed by atoms with van der Waals surface area (Å²) in [6.45, 7) is 5.59. The number of hydrogen-bond acceptors (Lipinski definition) is 6. The lowest BCUT2D eigenvalue weighted by molar-refractivity contribution is -0.126. The predicted octanol–water partition coefficient (Wildman–Crippen LogP) is -0.0712. The van der Waals surface area contributed by atoms with Crippen LogP contribution >= 0.6 is 0 Å². The molecule has 0 aliphatic heterocycles. The second-order valence-electron chi connectivity index (χ2n) is 4.08. The Morgan fingerprint density at radius 2 is 1.00 bits per heavy atom. The number of ketones is 2. The van der Waals surface area contributed by atoms with E-state index in [1.165, 1.54) is 27.7 Å². The number of rotatable bonds is 7. The van der Waals surface area contributed by atoms with Crippen molar-refractivity contribution in [2.45, 2.75) is 40.5 Å². The fraction of sp³-hybridized carbons (Fsp3) is 0.500. The molecule has 0 aliphatic carbocycles. The van der Waals surface area contributed by atoms with Crippen LogP contribution in [0.4, 0.5) is 0 Å². The van der Waals surface area contributed by atoms with Gasteiger partial charge in [-0.25, -0.2) is 10.9 Å². The van der Waals surface area contributed by atoms with E-state index < -0.39 is 11.8 Å². The van der Waals surface area contributed by atoms with Crippen LogP contribution in [0.2, 0.25) is 0 Å². The number of carbonyl (C=O) groups is 4. The van der Waals surface area contributed by atoms with Crippen molar-refractivity contribution in [3.63, 3.8) is 0 Å². The molecule has 0 aliphatic rings. The van der Waals surface area contributed by atoms with E-state index in [1.807, 2.05) is 0 Å². The Balaban J connectivity index is 4.11. The van der Waals surface area contributed by atoms with E-state index in [4.69, 9.17) is 0 Å². The van der Waals surface area contributed by atoms with Crippen LogP contribution in [-0.2, 0) is 19.2 Å². The molecule has 0 unspecified atom stereocenters. The minimum Gasteiger partial charge on any atom is -0.293 e. The van der Waals surface area contributed by atoms with Crippen LogP contribution in [0.5, 0.6) is 0 Å². The third-order valence-corrected chi connectivity index (χ3v) is 2.29. The molecule has 0 fully saturated rings. The van der Waals surface area contributed by atoms with Gasteiger partial charge in [-0.3, -0.25) is 19.2 Å². The standard InChI is InChI=1S/C12H18N4O4/c1-7(9(3)17)13-15-11(19)5-6-12(20)16-14-8(2)10(4)18/h5-6H2,1-4H3,(H,15,19)(H,16,20). The van der Waals surface area contributed by atoms with Gasteiger partial charge in [0, 0.05) is 26.7 Å². The molecule has 0 aromatic carbocycles. The normalized spacial score (nSPS) is 11.8. The summed E-state index contributed by atoms with van der Waals surface area (Å²) in [6.07, 6.45) is -0.204. The van der Waals surface area contributed by atoms with Crippen molar-refractivity contribution in [2.75, 3.05) is 0 Å². The Kier molecular flexibility index (Phi) is 7.64. The molecular weight excluding hydrogens is 264 g/mol. The number of hydrazone groups is 2. The highest BCUT2D eigenvalue weighted by atomic mass is 16.2. The molecule has 0 rings (SSSR count). The molecule has 2 N–H and O–H groups in total. The van der Waals surface area contributed by atoms with Gasteiger partial charge in [0.1, 0.15) is 11.4 Å². The highest BCUT2D eigenvalue weighted by molar-refractivity contribution is 6.38. The Bertz CT molecular complexity index is 436. The van der Waals surface area contributed by atoms with E-state index in [9.17, 15) is 19.2 Å². The van der Waals surface area contributed by atoms with Crippen molar-refractivity contribution >= 4 is 34.8 Å². The molecular formula is C12H18N4O4. The van der Waals surface area contributed by atoms with Crippen LogP contribution in [0.1, 0.15) is 40.5 Å². The second kappa shape index (κ2) is 8.68. The van der Waals surface area contributed by atoms with E-state index in [-0.39, 0.29) is 35.8 Å². The van der Waals surface area contributed by atoms with Crippen LogP contribution < -0.4 is 10.9 Å². The van der Waals surface area contributed by atoms with Crippen molar-refractivity contribution in [2.24, 2.45) is 10.2 Å². The van der Waals surface area contributed by atoms with Crippen LogP contribution in [0.15, 0.2) is 10.2 Å². The molecule has 0 atom stereocenters. The van der Waals surface area contributed by atoms with Crippen LogP contribution in [0.25, 0.3) is 0 Å². The summed E-state index contributed by atoms with van der Waals surface area (Å²) in [7, 11) is 0. The van der Waals surface area contributed by atoms with Gasteiger partial charge in [-0.05, 0) is 13.8 Å². The number of nitrogens with one attached hydrogen (secondary N) is 2. The predicted molar refractivity (Wildman–Crippen MR) is 73.1 cm³/mol. The van der Waals surface area contributed by atoms with Gasteiger partial charge in [-0.2, -0.15) is 10.2 Å². The maximum Gasteiger partial charge on any atom is 0.240 e. The zero-order valence-electron chi connectivity index (χ0n) is 11.9. The minimum atomic E-state index is -0.493. The fourth-order valence-corrected chi connectivity index (χ4v) is 0.789. The molecule has 0 radical (unpaired) electrons. The molecule has 0 saturated heterocycles. The smallest absolute Gasteiger partial charge is 0.240 e. The van der Waals surface area contributed by atoms with Crippen molar-refractivity contribution < 1.29 is 19.2 Å². The summed E-state index contributed by atoms with van der Waals surface area (Å²) in [5.41, 5.74) is 4.66. The zero-order valence-corrected chi connectivity index (χ0v) is 11.9. The van der Waals surface area contributed by atoms with Crippen molar-refractivity contribution in [1.82, 2.24) is 10.9 Å². The van der Waals surface area contributed by atoms with Gasteiger partial charge in [0.15, 0.2) is 11.6 Å². The number of hydrogen-bond donors (Lipinski definition) is 2. The molecule has 110 valence electrons. The van der Waals surface area contributed by atoms with Gasteiger partial charge >= 0.3 is 0 Å². The Morgan fingerprint density at radius 1 is 0.700 bits per heavy atom. The van der Waals surface area contributed by atoms with Gasteiger partial charge in [0.2, 0.25) is 11.8 Å². The van der Waals surface area contributed by atoms with Crippen molar-refractivity contribution in [3.05, 3.63) is 0 Å². The Hall–Kier alpha value is -2.38. The van der Waals surface area contributed by atoms with Crippen molar-refractivity contribution in [1.29, 1.82) is 0 Å². The molecule has 0 saturated carbocycles. The van der Waals surface area contributed by atoms with Crippen LogP contribution in [-0.4, -0.2) is 34.8 Å². The lowest BCUT2D eigenvalue weighted by Gasteiger charge is -2.01. The first-order valence-electron chi connectivity index (χ1n) is 5.92. The summed E-state index contributed by atoms with van der Waals surface area (Å²) in [6, 6.07) is 0. The quantitative estimate of drug-likeness (QED) is 0.502. The van der Waals surface area contributed by atoms with Gasteiger partial charge < -0.3 is 0 Å². The molecule has 0 bridgehead atoms. The molecule has 0 heterocycles. The molecule has 0 aromatic rings. The lowest BCUT2D eigenvalue weighted by Crippen LogP contribution is -2.25. The van der Waals surface area contributed by atoms with Crippen LogP contribution in [0.3, 0.4) is 0 Å². The topological polar surface area (TPSA) is 117 Å². The molecule has 0 spiro atoms. The van der Waals surface area contributed by atoms with Gasteiger partial charge in [-0.15, -0.1) is 0 Å². The molecule has 8 heteroatoms. The van der Waals surface area contributed by atoms with Gasteiger partial charge in [0.05, 0.1) is 0 Å². The average molecular weight is 282 g/mol. The number of amides is 2. The van der Waals surface area contributed by atoms with E-state index in [1.54, 1.807) is 0 Å². The first kappa shape index (κ1) is 17.6. The van der Waals surface area contributed by atoms with Gasteiger partial charge in [0.25, 0.3) is 0 Å². The van der Waals surface area contributed by atoms with E-state index in [0.717, 1.165) is 0 Å². The van der Waals surface area contributed by atoms with Gasteiger partial charge in [-0.1, -0.05) is 0 Å². The van der Waals surface area contributed by atoms with E-state index in [0.29, 0.717) is 0 Å². The fourth-order valence-electron chi connectivity index (χ4n) is 0.789. The lowest BCUT2D eigenvalue weighted by atomic mass is 10.3.